The fraction of sp³-hybridized carbons (Fsp3) is 0.357. The van der Waals surface area contributed by atoms with E-state index in [0.717, 1.165) is 48.6 Å². The molecular formula is C28H31ClN6. The van der Waals surface area contributed by atoms with Crippen molar-refractivity contribution in [3.8, 4) is 11.4 Å². The van der Waals surface area contributed by atoms with Gasteiger partial charge in [0.15, 0.2) is 5.65 Å². The molecule has 0 unspecified atom stereocenters. The molecule has 1 saturated heterocycles. The Hall–Kier alpha value is -3.09. The van der Waals surface area contributed by atoms with Crippen LogP contribution in [-0.2, 0) is 5.41 Å². The molecule has 7 heteroatoms. The number of pyridine rings is 2. The first-order valence-corrected chi connectivity index (χ1v) is 12.5. The van der Waals surface area contributed by atoms with Crippen LogP contribution in [0.3, 0.4) is 0 Å². The van der Waals surface area contributed by atoms with E-state index in [4.69, 9.17) is 26.6 Å². The smallest absolute Gasteiger partial charge is 0.165 e. The highest BCUT2D eigenvalue weighted by molar-refractivity contribution is 6.32. The van der Waals surface area contributed by atoms with Crippen molar-refractivity contribution < 1.29 is 0 Å². The van der Waals surface area contributed by atoms with Crippen LogP contribution < -0.4 is 5.32 Å². The van der Waals surface area contributed by atoms with Crippen LogP contribution >= 0.6 is 11.6 Å². The van der Waals surface area contributed by atoms with E-state index in [9.17, 15) is 0 Å². The Balaban J connectivity index is 1.57. The van der Waals surface area contributed by atoms with E-state index in [1.165, 1.54) is 5.56 Å². The number of nitrogens with one attached hydrogen (secondary N) is 1. The van der Waals surface area contributed by atoms with Gasteiger partial charge in [-0.3, -0.25) is 4.98 Å². The molecule has 0 amide bonds. The number of hydrogen-bond acceptors (Lipinski definition) is 6. The average molecular weight is 487 g/mol. The summed E-state index contributed by atoms with van der Waals surface area (Å²) in [6.45, 7) is 8.75. The number of piperidine rings is 1. The second kappa shape index (κ2) is 9.51. The van der Waals surface area contributed by atoms with Crippen LogP contribution in [0, 0.1) is 0 Å². The summed E-state index contributed by atoms with van der Waals surface area (Å²) < 4.78 is 0. The third-order valence-corrected chi connectivity index (χ3v) is 6.98. The Morgan fingerprint density at radius 3 is 2.37 bits per heavy atom. The molecule has 35 heavy (non-hydrogen) atoms. The molecule has 1 aromatic carbocycles. The van der Waals surface area contributed by atoms with Crippen molar-refractivity contribution in [3.05, 3.63) is 71.1 Å². The lowest BCUT2D eigenvalue weighted by atomic mass is 9.87. The summed E-state index contributed by atoms with van der Waals surface area (Å²) >= 11 is 6.41. The molecule has 1 aliphatic rings. The van der Waals surface area contributed by atoms with Gasteiger partial charge in [-0.25, -0.2) is 15.0 Å². The third-order valence-electron chi connectivity index (χ3n) is 6.68. The first kappa shape index (κ1) is 23.6. The first-order chi connectivity index (χ1) is 16.8. The summed E-state index contributed by atoms with van der Waals surface area (Å²) in [5.41, 5.74) is 4.40. The van der Waals surface area contributed by atoms with Crippen molar-refractivity contribution in [2.24, 2.45) is 0 Å². The second-order valence-electron chi connectivity index (χ2n) is 10.4. The molecule has 0 saturated carbocycles. The highest BCUT2D eigenvalue weighted by atomic mass is 35.5. The zero-order chi connectivity index (χ0) is 24.6. The zero-order valence-corrected chi connectivity index (χ0v) is 21.5. The van der Waals surface area contributed by atoms with Crippen molar-refractivity contribution in [1.82, 2.24) is 24.8 Å². The quantitative estimate of drug-likeness (QED) is 0.351. The van der Waals surface area contributed by atoms with Gasteiger partial charge in [0.05, 0.1) is 16.1 Å². The summed E-state index contributed by atoms with van der Waals surface area (Å²) in [5.74, 6) is 1.93. The summed E-state index contributed by atoms with van der Waals surface area (Å²) in [7, 11) is 2.16. The molecule has 6 nitrogen and oxygen atoms in total. The van der Waals surface area contributed by atoms with E-state index in [2.05, 4.69) is 67.3 Å². The maximum Gasteiger partial charge on any atom is 0.165 e. The highest BCUT2D eigenvalue weighted by Crippen LogP contribution is 2.32. The number of likely N-dealkylation sites (tertiary alicyclic amines) is 1. The number of rotatable bonds is 4. The molecule has 1 fully saturated rings. The zero-order valence-electron chi connectivity index (χ0n) is 20.7. The molecule has 0 spiro atoms. The monoisotopic (exact) mass is 486 g/mol. The van der Waals surface area contributed by atoms with Gasteiger partial charge < -0.3 is 10.2 Å². The minimum absolute atomic E-state index is 0.106. The van der Waals surface area contributed by atoms with E-state index >= 15 is 0 Å². The normalized spacial score (nSPS) is 15.5. The molecule has 0 bridgehead atoms. The van der Waals surface area contributed by atoms with E-state index in [0.29, 0.717) is 28.0 Å². The van der Waals surface area contributed by atoms with Gasteiger partial charge in [0.25, 0.3) is 0 Å². The van der Waals surface area contributed by atoms with Crippen LogP contribution in [0.2, 0.25) is 5.02 Å². The molecule has 180 valence electrons. The van der Waals surface area contributed by atoms with E-state index in [1.54, 1.807) is 6.20 Å². The predicted molar refractivity (Wildman–Crippen MR) is 143 cm³/mol. The van der Waals surface area contributed by atoms with E-state index < -0.39 is 0 Å². The van der Waals surface area contributed by atoms with Gasteiger partial charge in [0, 0.05) is 17.8 Å². The molecule has 4 aromatic rings. The number of halogens is 1. The van der Waals surface area contributed by atoms with Gasteiger partial charge in [-0.05, 0) is 80.4 Å². The topological polar surface area (TPSA) is 66.8 Å². The average Bonchev–Trinajstić information content (AvgIpc) is 2.84. The van der Waals surface area contributed by atoms with Crippen molar-refractivity contribution >= 4 is 34.1 Å². The lowest BCUT2D eigenvalue weighted by molar-refractivity contribution is 0.251. The van der Waals surface area contributed by atoms with Crippen LogP contribution in [0.5, 0.6) is 0 Å². The Kier molecular flexibility index (Phi) is 6.43. The predicted octanol–water partition coefficient (Wildman–Crippen LogP) is 6.59. The number of aromatic nitrogens is 4. The van der Waals surface area contributed by atoms with Crippen molar-refractivity contribution in [2.75, 3.05) is 25.5 Å². The third kappa shape index (κ3) is 5.14. The van der Waals surface area contributed by atoms with Gasteiger partial charge >= 0.3 is 0 Å². The Labute approximate surface area is 211 Å². The molecular weight excluding hydrogens is 456 g/mol. The van der Waals surface area contributed by atoms with Crippen LogP contribution in [0.15, 0.2) is 54.7 Å². The lowest BCUT2D eigenvalue weighted by Crippen LogP contribution is -2.30. The lowest BCUT2D eigenvalue weighted by Gasteiger charge is -2.28. The van der Waals surface area contributed by atoms with E-state index in [1.807, 2.05) is 24.3 Å². The largest absolute Gasteiger partial charge is 0.340 e. The summed E-state index contributed by atoms with van der Waals surface area (Å²) in [4.78, 5) is 21.6. The molecule has 0 radical (unpaired) electrons. The number of hydrogen-bond donors (Lipinski definition) is 1. The highest BCUT2D eigenvalue weighted by Gasteiger charge is 2.23. The van der Waals surface area contributed by atoms with Crippen molar-refractivity contribution in [3.63, 3.8) is 0 Å². The summed E-state index contributed by atoms with van der Waals surface area (Å²) in [6, 6.07) is 16.1. The number of nitrogens with zero attached hydrogens (tertiary/aromatic N) is 5. The van der Waals surface area contributed by atoms with Crippen LogP contribution in [0.1, 0.15) is 50.9 Å². The van der Waals surface area contributed by atoms with E-state index in [-0.39, 0.29) is 5.41 Å². The molecule has 5 rings (SSSR count). The van der Waals surface area contributed by atoms with Gasteiger partial charge in [0.1, 0.15) is 17.3 Å². The van der Waals surface area contributed by atoms with Crippen LogP contribution in [0.25, 0.3) is 22.4 Å². The minimum atomic E-state index is 0.106. The first-order valence-electron chi connectivity index (χ1n) is 12.1. The second-order valence-corrected chi connectivity index (χ2v) is 10.8. The summed E-state index contributed by atoms with van der Waals surface area (Å²) in [5, 5.41) is 4.98. The molecule has 0 aliphatic carbocycles. The van der Waals surface area contributed by atoms with Crippen molar-refractivity contribution in [2.45, 2.75) is 44.9 Å². The molecule has 3 aromatic heterocycles. The van der Waals surface area contributed by atoms with Gasteiger partial charge in [-0.2, -0.15) is 0 Å². The fourth-order valence-corrected chi connectivity index (χ4v) is 4.69. The Morgan fingerprint density at radius 2 is 1.69 bits per heavy atom. The maximum atomic E-state index is 6.41. The van der Waals surface area contributed by atoms with Crippen LogP contribution in [-0.4, -0.2) is 45.0 Å². The number of fused-ring (bicyclic) bond motifs is 1. The maximum absolute atomic E-state index is 6.41. The van der Waals surface area contributed by atoms with Crippen molar-refractivity contribution in [1.29, 1.82) is 0 Å². The summed E-state index contributed by atoms with van der Waals surface area (Å²) in [6.07, 6.45) is 3.80. The van der Waals surface area contributed by atoms with Gasteiger partial charge in [-0.1, -0.05) is 44.5 Å². The fourth-order valence-electron chi connectivity index (χ4n) is 4.47. The number of anilines is 2. The molecule has 4 heterocycles. The van der Waals surface area contributed by atoms with Crippen LogP contribution in [0.4, 0.5) is 11.5 Å². The minimum Gasteiger partial charge on any atom is -0.340 e. The Bertz CT molecular complexity index is 1340. The standard InChI is InChI=1S/C28H31ClN6/c1-28(2,3)19-7-9-20(10-8-19)31-26-21-11-12-23(24-22(29)6-5-15-30-24)32-27(21)34-25(33-26)18-13-16-35(4)17-14-18/h5-12,15,18H,13-14,16-17H2,1-4H3,(H,31,32,33,34). The van der Waals surface area contributed by atoms with Gasteiger partial charge in [0.2, 0.25) is 0 Å². The number of benzene rings is 1. The molecule has 1 aliphatic heterocycles. The Morgan fingerprint density at radius 1 is 0.943 bits per heavy atom. The molecule has 1 N–H and O–H groups in total. The molecule has 0 atom stereocenters. The van der Waals surface area contributed by atoms with Gasteiger partial charge in [-0.15, -0.1) is 0 Å². The SMILES string of the molecule is CN1CCC(c2nc(Nc3ccc(C(C)(C)C)cc3)c3ccc(-c4ncccc4Cl)nc3n2)CC1.